The molecule has 0 saturated heterocycles. The fourth-order valence-corrected chi connectivity index (χ4v) is 1.28. The van der Waals surface area contributed by atoms with Gasteiger partial charge in [-0.05, 0) is 13.0 Å². The smallest absolute Gasteiger partial charge is 0.323 e. The zero-order valence-electron chi connectivity index (χ0n) is 7.27. The highest BCUT2D eigenvalue weighted by Gasteiger charge is 2.31. The zero-order chi connectivity index (χ0) is 10.9. The summed E-state index contributed by atoms with van der Waals surface area (Å²) in [7, 11) is 0. The molecule has 0 unspecified atom stereocenters. The number of nitrogens with two attached hydrogens (primary N) is 1. The summed E-state index contributed by atoms with van der Waals surface area (Å²) in [4.78, 5) is 3.57. The molecule has 0 saturated carbocycles. The van der Waals surface area contributed by atoms with Crippen LogP contribution in [0, 0.1) is 0 Å². The van der Waals surface area contributed by atoms with E-state index in [4.69, 9.17) is 17.3 Å². The summed E-state index contributed by atoms with van der Waals surface area (Å²) in [5, 5.41) is -0.0603. The number of nitrogens with zero attached hydrogens (tertiary/aromatic N) is 1. The number of hydrogen-bond donors (Lipinski definition) is 1. The van der Waals surface area contributed by atoms with E-state index in [0.717, 1.165) is 12.3 Å². The monoisotopic (exact) mass is 224 g/mol. The Balaban J connectivity index is 3.13. The third kappa shape index (κ3) is 2.36. The van der Waals surface area contributed by atoms with Crippen molar-refractivity contribution in [3.8, 4) is 0 Å². The Kier molecular flexibility index (Phi) is 3.01. The van der Waals surface area contributed by atoms with Crippen molar-refractivity contribution in [2.75, 3.05) is 0 Å². The molecule has 0 aliphatic rings. The van der Waals surface area contributed by atoms with E-state index in [1.165, 1.54) is 0 Å². The van der Waals surface area contributed by atoms with E-state index in [1.54, 1.807) is 6.92 Å². The minimum atomic E-state index is -4.42. The Labute approximate surface area is 83.9 Å². The van der Waals surface area contributed by atoms with E-state index in [9.17, 15) is 13.2 Å². The van der Waals surface area contributed by atoms with Gasteiger partial charge in [0.15, 0.2) is 0 Å². The van der Waals surface area contributed by atoms with Gasteiger partial charge in [-0.3, -0.25) is 4.98 Å². The second kappa shape index (κ2) is 3.74. The molecule has 14 heavy (non-hydrogen) atoms. The van der Waals surface area contributed by atoms with E-state index >= 15 is 0 Å². The molecule has 0 aliphatic carbocycles. The van der Waals surface area contributed by atoms with Crippen LogP contribution in [0.2, 0.25) is 5.02 Å². The van der Waals surface area contributed by atoms with Crippen LogP contribution < -0.4 is 5.73 Å². The summed E-state index contributed by atoms with van der Waals surface area (Å²) in [6, 6.07) is 0.345. The molecule has 1 rings (SSSR count). The van der Waals surface area contributed by atoms with Crippen LogP contribution in [0.3, 0.4) is 0 Å². The lowest BCUT2D eigenvalue weighted by molar-refractivity contribution is -0.137. The van der Waals surface area contributed by atoms with Gasteiger partial charge < -0.3 is 5.73 Å². The van der Waals surface area contributed by atoms with Crippen LogP contribution in [0.4, 0.5) is 13.2 Å². The van der Waals surface area contributed by atoms with Crippen LogP contribution in [0.1, 0.15) is 24.2 Å². The van der Waals surface area contributed by atoms with Crippen molar-refractivity contribution in [3.05, 3.63) is 28.5 Å². The van der Waals surface area contributed by atoms with Crippen LogP contribution in [-0.2, 0) is 6.18 Å². The maximum absolute atomic E-state index is 12.2. The Morgan fingerprint density at radius 2 is 2.07 bits per heavy atom. The lowest BCUT2D eigenvalue weighted by atomic mass is 10.2. The second-order valence-electron chi connectivity index (χ2n) is 2.88. The molecular weight excluding hydrogens is 217 g/mol. The molecule has 1 aromatic heterocycles. The van der Waals surface area contributed by atoms with E-state index in [2.05, 4.69) is 4.98 Å². The average molecular weight is 225 g/mol. The number of rotatable bonds is 1. The summed E-state index contributed by atoms with van der Waals surface area (Å²) < 4.78 is 36.5. The van der Waals surface area contributed by atoms with E-state index in [0.29, 0.717) is 0 Å². The van der Waals surface area contributed by atoms with Gasteiger partial charge in [0.2, 0.25) is 0 Å². The van der Waals surface area contributed by atoms with Crippen LogP contribution in [0.5, 0.6) is 0 Å². The van der Waals surface area contributed by atoms with Crippen LogP contribution in [0.15, 0.2) is 12.3 Å². The molecular formula is C8H8ClF3N2. The first-order chi connectivity index (χ1) is 6.32. The van der Waals surface area contributed by atoms with Gasteiger partial charge in [0.25, 0.3) is 0 Å². The topological polar surface area (TPSA) is 38.9 Å². The minimum absolute atomic E-state index is 0.0603. The molecule has 1 heterocycles. The summed E-state index contributed by atoms with van der Waals surface area (Å²) in [5.41, 5.74) is 4.84. The largest absolute Gasteiger partial charge is 0.417 e. The molecule has 6 heteroatoms. The molecule has 1 aromatic rings. The summed E-state index contributed by atoms with van der Waals surface area (Å²) in [6.45, 7) is 1.60. The summed E-state index contributed by atoms with van der Waals surface area (Å²) in [5.74, 6) is 0. The van der Waals surface area contributed by atoms with Gasteiger partial charge in [0.05, 0.1) is 16.3 Å². The van der Waals surface area contributed by atoms with Crippen molar-refractivity contribution in [2.24, 2.45) is 5.73 Å². The van der Waals surface area contributed by atoms with Crippen molar-refractivity contribution in [1.82, 2.24) is 4.98 Å². The lowest BCUT2D eigenvalue weighted by Gasteiger charge is -2.10. The van der Waals surface area contributed by atoms with E-state index < -0.39 is 17.8 Å². The number of aromatic nitrogens is 1. The van der Waals surface area contributed by atoms with Crippen molar-refractivity contribution >= 4 is 11.6 Å². The summed E-state index contributed by atoms with van der Waals surface area (Å²) >= 11 is 5.59. The average Bonchev–Trinajstić information content (AvgIpc) is 2.01. The lowest BCUT2D eigenvalue weighted by Crippen LogP contribution is -2.11. The number of hydrogen-bond acceptors (Lipinski definition) is 2. The van der Waals surface area contributed by atoms with E-state index in [-0.39, 0.29) is 10.7 Å². The van der Waals surface area contributed by atoms with Gasteiger partial charge >= 0.3 is 6.18 Å². The van der Waals surface area contributed by atoms with E-state index in [1.807, 2.05) is 0 Å². The fourth-order valence-electron chi connectivity index (χ4n) is 0.939. The molecule has 2 N–H and O–H groups in total. The fraction of sp³-hybridized carbons (Fsp3) is 0.375. The highest BCUT2D eigenvalue weighted by Crippen LogP contribution is 2.31. The van der Waals surface area contributed by atoms with Gasteiger partial charge in [0.1, 0.15) is 0 Å². The predicted octanol–water partition coefficient (Wildman–Crippen LogP) is 2.77. The third-order valence-corrected chi connectivity index (χ3v) is 1.93. The van der Waals surface area contributed by atoms with Crippen molar-refractivity contribution < 1.29 is 13.2 Å². The summed E-state index contributed by atoms with van der Waals surface area (Å²) in [6.07, 6.45) is -3.70. The van der Waals surface area contributed by atoms with Crippen molar-refractivity contribution in [1.29, 1.82) is 0 Å². The van der Waals surface area contributed by atoms with Gasteiger partial charge in [-0.15, -0.1) is 0 Å². The van der Waals surface area contributed by atoms with Crippen LogP contribution >= 0.6 is 11.6 Å². The van der Waals surface area contributed by atoms with Gasteiger partial charge in [-0.1, -0.05) is 11.6 Å². The van der Waals surface area contributed by atoms with Crippen molar-refractivity contribution in [2.45, 2.75) is 19.1 Å². The molecule has 1 atom stereocenters. The SMILES string of the molecule is C[C@H](N)c1ncc(C(F)(F)F)cc1Cl. The molecule has 78 valence electrons. The minimum Gasteiger partial charge on any atom is -0.323 e. The molecule has 0 amide bonds. The Morgan fingerprint density at radius 3 is 2.43 bits per heavy atom. The number of halogens is 4. The van der Waals surface area contributed by atoms with Gasteiger partial charge in [0, 0.05) is 12.2 Å². The number of pyridine rings is 1. The normalized spacial score (nSPS) is 14.1. The molecule has 0 bridgehead atoms. The first-order valence-corrected chi connectivity index (χ1v) is 4.18. The Bertz CT molecular complexity index is 336. The first-order valence-electron chi connectivity index (χ1n) is 3.80. The third-order valence-electron chi connectivity index (χ3n) is 1.63. The highest BCUT2D eigenvalue weighted by atomic mass is 35.5. The first kappa shape index (κ1) is 11.3. The molecule has 0 aliphatic heterocycles. The maximum atomic E-state index is 12.2. The Morgan fingerprint density at radius 1 is 1.50 bits per heavy atom. The zero-order valence-corrected chi connectivity index (χ0v) is 8.02. The van der Waals surface area contributed by atoms with Crippen LogP contribution in [0.25, 0.3) is 0 Å². The standard InChI is InChI=1S/C8H8ClF3N2/c1-4(13)7-6(9)2-5(3-14-7)8(10,11)12/h2-4H,13H2,1H3/t4-/m0/s1. The maximum Gasteiger partial charge on any atom is 0.417 e. The molecule has 0 spiro atoms. The van der Waals surface area contributed by atoms with Gasteiger partial charge in [-0.25, -0.2) is 0 Å². The molecule has 0 radical (unpaired) electrons. The second-order valence-corrected chi connectivity index (χ2v) is 3.28. The Hall–Kier alpha value is -0.810. The van der Waals surface area contributed by atoms with Crippen LogP contribution in [-0.4, -0.2) is 4.98 Å². The molecule has 2 nitrogen and oxygen atoms in total. The molecule has 0 aromatic carbocycles. The van der Waals surface area contributed by atoms with Gasteiger partial charge in [-0.2, -0.15) is 13.2 Å². The highest BCUT2D eigenvalue weighted by molar-refractivity contribution is 6.31. The quantitative estimate of drug-likeness (QED) is 0.797. The predicted molar refractivity (Wildman–Crippen MR) is 46.9 cm³/mol. The molecule has 0 fully saturated rings. The van der Waals surface area contributed by atoms with Crippen molar-refractivity contribution in [3.63, 3.8) is 0 Å². The number of alkyl halides is 3.